The number of carboxylic acids is 1. The molecule has 1 aromatic heterocycles. The molecule has 0 bridgehead atoms. The summed E-state index contributed by atoms with van der Waals surface area (Å²) in [6.45, 7) is 0.226. The first-order chi connectivity index (χ1) is 7.11. The topological polar surface area (TPSA) is 103 Å². The van der Waals surface area contributed by atoms with Crippen LogP contribution in [0.25, 0.3) is 0 Å². The number of furan rings is 1. The van der Waals surface area contributed by atoms with E-state index in [-0.39, 0.29) is 29.9 Å². The van der Waals surface area contributed by atoms with E-state index < -0.39 is 11.9 Å². The van der Waals surface area contributed by atoms with Gasteiger partial charge in [-0.15, -0.1) is 0 Å². The van der Waals surface area contributed by atoms with Crippen molar-refractivity contribution < 1.29 is 23.8 Å². The maximum Gasteiger partial charge on any atom is 0.372 e. The second-order valence-electron chi connectivity index (χ2n) is 2.79. The minimum atomic E-state index is -1.23. The fourth-order valence-electron chi connectivity index (χ4n) is 1.24. The second-order valence-corrected chi connectivity index (χ2v) is 2.79. The second kappa shape index (κ2) is 4.61. The van der Waals surface area contributed by atoms with Gasteiger partial charge in [-0.3, -0.25) is 0 Å². The van der Waals surface area contributed by atoms with E-state index in [0.29, 0.717) is 0 Å². The van der Waals surface area contributed by atoms with Crippen molar-refractivity contribution in [2.45, 2.75) is 6.42 Å². The average Bonchev–Trinajstić information content (AvgIpc) is 2.61. The molecule has 0 fully saturated rings. The number of methoxy groups -OCH3 is 1. The van der Waals surface area contributed by atoms with Gasteiger partial charge in [-0.1, -0.05) is 0 Å². The summed E-state index contributed by atoms with van der Waals surface area (Å²) in [6, 6.07) is 0. The van der Waals surface area contributed by atoms with Crippen molar-refractivity contribution in [3.63, 3.8) is 0 Å². The van der Waals surface area contributed by atoms with Gasteiger partial charge < -0.3 is 20.0 Å². The van der Waals surface area contributed by atoms with Crippen molar-refractivity contribution in [3.8, 4) is 0 Å². The monoisotopic (exact) mass is 213 g/mol. The number of rotatable bonds is 4. The van der Waals surface area contributed by atoms with Crippen LogP contribution in [0, 0.1) is 0 Å². The summed E-state index contributed by atoms with van der Waals surface area (Å²) in [5.74, 6) is -2.12. The SMILES string of the molecule is COC(=O)c1coc(C(=O)O)c1CCN. The van der Waals surface area contributed by atoms with Crippen LogP contribution in [0.15, 0.2) is 10.7 Å². The molecule has 0 aromatic carbocycles. The number of hydrogen-bond donors (Lipinski definition) is 2. The highest BCUT2D eigenvalue weighted by Crippen LogP contribution is 2.18. The van der Waals surface area contributed by atoms with Gasteiger partial charge in [-0.2, -0.15) is 0 Å². The van der Waals surface area contributed by atoms with Gasteiger partial charge >= 0.3 is 11.9 Å². The molecule has 0 unspecified atom stereocenters. The Hall–Kier alpha value is -1.82. The van der Waals surface area contributed by atoms with Crippen molar-refractivity contribution in [2.24, 2.45) is 5.73 Å². The number of carboxylic acid groups (broad SMARTS) is 1. The minimum Gasteiger partial charge on any atom is -0.475 e. The summed E-state index contributed by atoms with van der Waals surface area (Å²) in [4.78, 5) is 22.0. The Balaban J connectivity index is 3.17. The Bertz CT molecular complexity index is 382. The van der Waals surface area contributed by atoms with E-state index in [1.165, 1.54) is 7.11 Å². The molecule has 3 N–H and O–H groups in total. The Morgan fingerprint density at radius 1 is 1.60 bits per heavy atom. The van der Waals surface area contributed by atoms with Gasteiger partial charge in [0, 0.05) is 5.56 Å². The van der Waals surface area contributed by atoms with Crippen molar-refractivity contribution in [3.05, 3.63) is 23.2 Å². The molecule has 0 radical (unpaired) electrons. The number of carbonyl (C=O) groups is 2. The summed E-state index contributed by atoms with van der Waals surface area (Å²) < 4.78 is 9.26. The van der Waals surface area contributed by atoms with Gasteiger partial charge in [0.15, 0.2) is 0 Å². The molecular weight excluding hydrogens is 202 g/mol. The Morgan fingerprint density at radius 2 is 2.27 bits per heavy atom. The Labute approximate surface area is 85.6 Å². The molecule has 0 aliphatic carbocycles. The zero-order valence-electron chi connectivity index (χ0n) is 8.15. The van der Waals surface area contributed by atoms with Crippen LogP contribution in [0.1, 0.15) is 26.5 Å². The first kappa shape index (κ1) is 11.3. The van der Waals surface area contributed by atoms with Gasteiger partial charge in [0.25, 0.3) is 0 Å². The van der Waals surface area contributed by atoms with Crippen LogP contribution < -0.4 is 5.73 Å². The molecule has 0 aliphatic rings. The molecule has 0 saturated carbocycles. The normalized spacial score (nSPS) is 10.0. The van der Waals surface area contributed by atoms with Crippen LogP contribution in [0.5, 0.6) is 0 Å². The first-order valence-corrected chi connectivity index (χ1v) is 4.23. The number of carbonyl (C=O) groups excluding carboxylic acids is 1. The predicted octanol–water partition coefficient (Wildman–Crippen LogP) is 0.266. The van der Waals surface area contributed by atoms with E-state index in [9.17, 15) is 9.59 Å². The van der Waals surface area contributed by atoms with Gasteiger partial charge in [0.2, 0.25) is 5.76 Å². The third-order valence-corrected chi connectivity index (χ3v) is 1.89. The van der Waals surface area contributed by atoms with E-state index >= 15 is 0 Å². The number of nitrogens with two attached hydrogens (primary N) is 1. The zero-order valence-corrected chi connectivity index (χ0v) is 8.15. The largest absolute Gasteiger partial charge is 0.475 e. The highest BCUT2D eigenvalue weighted by molar-refractivity contribution is 5.95. The predicted molar refractivity (Wildman–Crippen MR) is 49.8 cm³/mol. The summed E-state index contributed by atoms with van der Waals surface area (Å²) in [5, 5.41) is 8.77. The van der Waals surface area contributed by atoms with E-state index in [1.54, 1.807) is 0 Å². The summed E-state index contributed by atoms with van der Waals surface area (Å²) >= 11 is 0. The van der Waals surface area contributed by atoms with Crippen molar-refractivity contribution in [1.29, 1.82) is 0 Å². The summed E-state index contributed by atoms with van der Waals surface area (Å²) in [6.07, 6.45) is 1.32. The van der Waals surface area contributed by atoms with E-state index in [4.69, 9.17) is 15.3 Å². The highest BCUT2D eigenvalue weighted by Gasteiger charge is 2.23. The maximum absolute atomic E-state index is 11.2. The lowest BCUT2D eigenvalue weighted by Crippen LogP contribution is -2.11. The van der Waals surface area contributed by atoms with E-state index in [0.717, 1.165) is 6.26 Å². The quantitative estimate of drug-likeness (QED) is 0.695. The summed E-state index contributed by atoms with van der Waals surface area (Å²) in [5.41, 5.74) is 5.70. The van der Waals surface area contributed by atoms with Crippen LogP contribution in [-0.4, -0.2) is 30.7 Å². The molecule has 0 amide bonds. The van der Waals surface area contributed by atoms with Crippen molar-refractivity contribution >= 4 is 11.9 Å². The zero-order chi connectivity index (χ0) is 11.4. The molecular formula is C9H11NO5. The van der Waals surface area contributed by atoms with Crippen LogP contribution in [0.2, 0.25) is 0 Å². The molecule has 0 aliphatic heterocycles. The number of esters is 1. The molecule has 6 nitrogen and oxygen atoms in total. The molecule has 1 aromatic rings. The number of ether oxygens (including phenoxy) is 1. The minimum absolute atomic E-state index is 0.111. The molecule has 0 atom stereocenters. The molecule has 82 valence electrons. The standard InChI is InChI=1S/C9H11NO5/c1-14-9(13)6-4-15-7(8(11)12)5(6)2-3-10/h4H,2-3,10H2,1H3,(H,11,12). The Morgan fingerprint density at radius 3 is 2.73 bits per heavy atom. The fraction of sp³-hybridized carbons (Fsp3) is 0.333. The van der Waals surface area contributed by atoms with Gasteiger partial charge in [0.1, 0.15) is 11.8 Å². The molecule has 0 saturated heterocycles. The number of aromatic carboxylic acids is 1. The van der Waals surface area contributed by atoms with Gasteiger partial charge in [-0.25, -0.2) is 9.59 Å². The third kappa shape index (κ3) is 2.16. The lowest BCUT2D eigenvalue weighted by Gasteiger charge is -2.00. The molecule has 1 rings (SSSR count). The average molecular weight is 213 g/mol. The van der Waals surface area contributed by atoms with E-state index in [2.05, 4.69) is 4.74 Å². The van der Waals surface area contributed by atoms with Crippen LogP contribution in [0.4, 0.5) is 0 Å². The van der Waals surface area contributed by atoms with Gasteiger partial charge in [0.05, 0.1) is 7.11 Å². The van der Waals surface area contributed by atoms with Gasteiger partial charge in [-0.05, 0) is 13.0 Å². The lowest BCUT2D eigenvalue weighted by atomic mass is 10.1. The third-order valence-electron chi connectivity index (χ3n) is 1.89. The van der Waals surface area contributed by atoms with Crippen LogP contribution in [-0.2, 0) is 11.2 Å². The lowest BCUT2D eigenvalue weighted by molar-refractivity contribution is 0.0598. The molecule has 6 heteroatoms. The smallest absolute Gasteiger partial charge is 0.372 e. The first-order valence-electron chi connectivity index (χ1n) is 4.23. The fourth-order valence-corrected chi connectivity index (χ4v) is 1.24. The molecule has 1 heterocycles. The molecule has 15 heavy (non-hydrogen) atoms. The summed E-state index contributed by atoms with van der Waals surface area (Å²) in [7, 11) is 1.21. The van der Waals surface area contributed by atoms with Crippen LogP contribution >= 0.6 is 0 Å². The number of hydrogen-bond acceptors (Lipinski definition) is 5. The van der Waals surface area contributed by atoms with E-state index in [1.807, 2.05) is 0 Å². The van der Waals surface area contributed by atoms with Crippen LogP contribution in [0.3, 0.4) is 0 Å². The highest BCUT2D eigenvalue weighted by atomic mass is 16.5. The maximum atomic E-state index is 11.2. The van der Waals surface area contributed by atoms with Crippen molar-refractivity contribution in [1.82, 2.24) is 0 Å². The Kier molecular flexibility index (Phi) is 3.46. The molecule has 0 spiro atoms. The van der Waals surface area contributed by atoms with Crippen molar-refractivity contribution in [2.75, 3.05) is 13.7 Å².